The first-order valence-corrected chi connectivity index (χ1v) is 5.41. The third-order valence-corrected chi connectivity index (χ3v) is 2.47. The molecule has 0 atom stereocenters. The minimum atomic E-state index is 0.386. The Labute approximate surface area is 97.9 Å². The lowest BCUT2D eigenvalue weighted by Gasteiger charge is -2.08. The van der Waals surface area contributed by atoms with Crippen LogP contribution in [0.1, 0.15) is 6.42 Å². The van der Waals surface area contributed by atoms with Gasteiger partial charge in [0.05, 0.1) is 25.1 Å². The average Bonchev–Trinajstić information content (AvgIpc) is 2.64. The molecule has 3 rings (SSSR count). The lowest BCUT2D eigenvalue weighted by Crippen LogP contribution is -2.00. The second-order valence-electron chi connectivity index (χ2n) is 3.74. The summed E-state index contributed by atoms with van der Waals surface area (Å²) in [6.07, 6.45) is 2.39. The van der Waals surface area contributed by atoms with Gasteiger partial charge in [-0.25, -0.2) is 0 Å². The number of nitrogens with two attached hydrogens (primary N) is 1. The van der Waals surface area contributed by atoms with E-state index in [4.69, 9.17) is 15.2 Å². The lowest BCUT2D eigenvalue weighted by atomic mass is 10.3. The molecule has 2 aromatic rings. The summed E-state index contributed by atoms with van der Waals surface area (Å²) in [6, 6.07) is 5.57. The molecule has 1 aliphatic heterocycles. The van der Waals surface area contributed by atoms with Crippen molar-refractivity contribution >= 4 is 5.82 Å². The highest BCUT2D eigenvalue weighted by atomic mass is 16.5. The number of hydrogen-bond donors (Lipinski definition) is 1. The fourth-order valence-corrected chi connectivity index (χ4v) is 1.68. The van der Waals surface area contributed by atoms with E-state index in [0.29, 0.717) is 19.0 Å². The molecule has 0 saturated carbocycles. The number of nitrogen functional groups attached to an aromatic ring is 1. The van der Waals surface area contributed by atoms with Crippen LogP contribution in [0.2, 0.25) is 0 Å². The van der Waals surface area contributed by atoms with Crippen LogP contribution < -0.4 is 15.2 Å². The Morgan fingerprint density at radius 3 is 2.76 bits per heavy atom. The van der Waals surface area contributed by atoms with Crippen molar-refractivity contribution in [3.8, 4) is 17.2 Å². The second-order valence-corrected chi connectivity index (χ2v) is 3.74. The fourth-order valence-electron chi connectivity index (χ4n) is 1.68. The van der Waals surface area contributed by atoms with E-state index >= 15 is 0 Å². The number of aromatic nitrogens is 3. The van der Waals surface area contributed by atoms with E-state index in [2.05, 4.69) is 10.2 Å². The molecule has 2 N–H and O–H groups in total. The Bertz CT molecular complexity index is 538. The molecule has 6 heteroatoms. The molecule has 0 fully saturated rings. The molecule has 88 valence electrons. The van der Waals surface area contributed by atoms with Gasteiger partial charge in [0.15, 0.2) is 17.3 Å². The van der Waals surface area contributed by atoms with Crippen molar-refractivity contribution in [1.82, 2.24) is 15.0 Å². The molecule has 0 radical (unpaired) electrons. The van der Waals surface area contributed by atoms with Gasteiger partial charge in [0.2, 0.25) is 0 Å². The topological polar surface area (TPSA) is 75.2 Å². The lowest BCUT2D eigenvalue weighted by molar-refractivity contribution is 0.297. The van der Waals surface area contributed by atoms with Gasteiger partial charge in [-0.05, 0) is 12.1 Å². The predicted molar refractivity (Wildman–Crippen MR) is 61.4 cm³/mol. The van der Waals surface area contributed by atoms with Crippen molar-refractivity contribution < 1.29 is 9.47 Å². The normalized spacial score (nSPS) is 14.4. The number of ether oxygens (including phenoxy) is 2. The first-order valence-electron chi connectivity index (χ1n) is 5.41. The highest BCUT2D eigenvalue weighted by Gasteiger charge is 2.12. The molecule has 0 spiro atoms. The molecule has 17 heavy (non-hydrogen) atoms. The smallest absolute Gasteiger partial charge is 0.166 e. The number of benzene rings is 1. The van der Waals surface area contributed by atoms with Crippen LogP contribution in [0.25, 0.3) is 5.69 Å². The van der Waals surface area contributed by atoms with Crippen molar-refractivity contribution in [2.45, 2.75) is 6.42 Å². The second kappa shape index (κ2) is 3.97. The maximum Gasteiger partial charge on any atom is 0.166 e. The van der Waals surface area contributed by atoms with Crippen LogP contribution in [0.15, 0.2) is 24.4 Å². The van der Waals surface area contributed by atoms with Crippen LogP contribution in [0.4, 0.5) is 5.82 Å². The van der Waals surface area contributed by atoms with E-state index in [1.54, 1.807) is 0 Å². The van der Waals surface area contributed by atoms with Crippen LogP contribution in [0.3, 0.4) is 0 Å². The van der Waals surface area contributed by atoms with Gasteiger partial charge in [-0.1, -0.05) is 0 Å². The summed E-state index contributed by atoms with van der Waals surface area (Å²) in [6.45, 7) is 1.34. The summed E-state index contributed by atoms with van der Waals surface area (Å²) in [5.41, 5.74) is 6.33. The maximum atomic E-state index is 5.59. The minimum Gasteiger partial charge on any atom is -0.490 e. The summed E-state index contributed by atoms with van der Waals surface area (Å²) < 4.78 is 11.1. The van der Waals surface area contributed by atoms with E-state index in [1.165, 1.54) is 11.0 Å². The summed E-state index contributed by atoms with van der Waals surface area (Å²) in [5, 5.41) is 8.08. The molecular weight excluding hydrogens is 220 g/mol. The Morgan fingerprint density at radius 2 is 2.00 bits per heavy atom. The first-order chi connectivity index (χ1) is 8.33. The third-order valence-electron chi connectivity index (χ3n) is 2.47. The summed E-state index contributed by atoms with van der Waals surface area (Å²) in [5.74, 6) is 1.86. The first kappa shape index (κ1) is 9.95. The Hall–Kier alpha value is -2.24. The SMILES string of the molecule is Nc1cnn(-c2ccc3c(c2)OCCCO3)n1. The Morgan fingerprint density at radius 1 is 1.18 bits per heavy atom. The van der Waals surface area contributed by atoms with Gasteiger partial charge in [0, 0.05) is 12.5 Å². The molecule has 0 unspecified atom stereocenters. The summed E-state index contributed by atoms with van der Waals surface area (Å²) >= 11 is 0. The molecule has 1 aromatic heterocycles. The largest absolute Gasteiger partial charge is 0.490 e. The molecule has 0 saturated heterocycles. The van der Waals surface area contributed by atoms with Crippen molar-refractivity contribution in [1.29, 1.82) is 0 Å². The van der Waals surface area contributed by atoms with Gasteiger partial charge in [-0.3, -0.25) is 0 Å². The van der Waals surface area contributed by atoms with Crippen molar-refractivity contribution in [2.24, 2.45) is 0 Å². The zero-order valence-corrected chi connectivity index (χ0v) is 9.17. The molecular formula is C11H12N4O2. The van der Waals surface area contributed by atoms with Crippen molar-refractivity contribution in [3.05, 3.63) is 24.4 Å². The third kappa shape index (κ3) is 1.89. The van der Waals surface area contributed by atoms with Crippen LogP contribution in [0, 0.1) is 0 Å². The zero-order chi connectivity index (χ0) is 11.7. The number of nitrogens with zero attached hydrogens (tertiary/aromatic N) is 3. The predicted octanol–water partition coefficient (Wildman–Crippen LogP) is 1.01. The standard InChI is InChI=1S/C11H12N4O2/c12-11-7-13-15(14-11)8-2-3-9-10(6-8)17-5-1-4-16-9/h2-3,6-7H,1,4-5H2,(H2,12,14). The van der Waals surface area contributed by atoms with E-state index in [-0.39, 0.29) is 0 Å². The highest BCUT2D eigenvalue weighted by molar-refractivity contribution is 5.48. The fraction of sp³-hybridized carbons (Fsp3) is 0.273. The Balaban J connectivity index is 2.00. The number of fused-ring (bicyclic) bond motifs is 1. The molecule has 1 aromatic carbocycles. The van der Waals surface area contributed by atoms with Gasteiger partial charge in [-0.15, -0.1) is 9.90 Å². The number of rotatable bonds is 1. The van der Waals surface area contributed by atoms with E-state index < -0.39 is 0 Å². The van der Waals surface area contributed by atoms with Crippen LogP contribution in [-0.2, 0) is 0 Å². The van der Waals surface area contributed by atoms with E-state index in [0.717, 1.165) is 23.6 Å². The number of hydrogen-bond acceptors (Lipinski definition) is 5. The molecule has 6 nitrogen and oxygen atoms in total. The quantitative estimate of drug-likeness (QED) is 0.794. The Kier molecular flexibility index (Phi) is 2.32. The zero-order valence-electron chi connectivity index (χ0n) is 9.17. The minimum absolute atomic E-state index is 0.386. The average molecular weight is 232 g/mol. The highest BCUT2D eigenvalue weighted by Crippen LogP contribution is 2.31. The molecule has 0 bridgehead atoms. The van der Waals surface area contributed by atoms with Gasteiger partial charge in [0.1, 0.15) is 0 Å². The summed E-state index contributed by atoms with van der Waals surface area (Å²) in [7, 11) is 0. The van der Waals surface area contributed by atoms with E-state index in [1.807, 2.05) is 18.2 Å². The van der Waals surface area contributed by atoms with Gasteiger partial charge in [-0.2, -0.15) is 5.10 Å². The number of anilines is 1. The van der Waals surface area contributed by atoms with Crippen molar-refractivity contribution in [2.75, 3.05) is 18.9 Å². The maximum absolute atomic E-state index is 5.59. The van der Waals surface area contributed by atoms with Crippen molar-refractivity contribution in [3.63, 3.8) is 0 Å². The van der Waals surface area contributed by atoms with Gasteiger partial charge in [0.25, 0.3) is 0 Å². The van der Waals surface area contributed by atoms with E-state index in [9.17, 15) is 0 Å². The molecule has 0 amide bonds. The van der Waals surface area contributed by atoms with Gasteiger partial charge >= 0.3 is 0 Å². The summed E-state index contributed by atoms with van der Waals surface area (Å²) in [4.78, 5) is 1.46. The van der Waals surface area contributed by atoms with Gasteiger partial charge < -0.3 is 15.2 Å². The van der Waals surface area contributed by atoms with Crippen LogP contribution in [-0.4, -0.2) is 28.2 Å². The van der Waals surface area contributed by atoms with Crippen LogP contribution >= 0.6 is 0 Å². The molecule has 0 aliphatic carbocycles. The van der Waals surface area contributed by atoms with Crippen LogP contribution in [0.5, 0.6) is 11.5 Å². The molecule has 2 heterocycles. The molecule has 1 aliphatic rings. The monoisotopic (exact) mass is 232 g/mol.